The lowest BCUT2D eigenvalue weighted by Crippen LogP contribution is -1.89. The molecule has 0 aliphatic rings. The Kier molecular flexibility index (Phi) is 2.76. The van der Waals surface area contributed by atoms with Crippen LogP contribution in [0.15, 0.2) is 54.7 Å². The smallest absolute Gasteiger partial charge is 0.171 e. The highest BCUT2D eigenvalue weighted by atomic mass is 19.1. The fraction of sp³-hybridized carbons (Fsp3) is 0. The molecule has 0 saturated heterocycles. The van der Waals surface area contributed by atoms with Crippen molar-refractivity contribution in [1.29, 1.82) is 0 Å². The van der Waals surface area contributed by atoms with E-state index in [1.165, 1.54) is 12.1 Å². The van der Waals surface area contributed by atoms with E-state index >= 15 is 0 Å². The Morgan fingerprint density at radius 2 is 1.84 bits per heavy atom. The standard InChI is InChI=1S/C15H10FNO2/c16-11-5-1-2-6-14(11)19-15-9-12-10(8-13(15)18)4-3-7-17-12/h1-9,18H. The quantitative estimate of drug-likeness (QED) is 0.755. The molecule has 0 radical (unpaired) electrons. The molecule has 3 nitrogen and oxygen atoms in total. The van der Waals surface area contributed by atoms with Gasteiger partial charge in [-0.15, -0.1) is 0 Å². The van der Waals surface area contributed by atoms with Gasteiger partial charge >= 0.3 is 0 Å². The van der Waals surface area contributed by atoms with E-state index in [-0.39, 0.29) is 17.2 Å². The molecule has 3 rings (SSSR count). The number of pyridine rings is 1. The predicted molar refractivity (Wildman–Crippen MR) is 69.9 cm³/mol. The van der Waals surface area contributed by atoms with Gasteiger partial charge in [0.25, 0.3) is 0 Å². The maximum atomic E-state index is 13.5. The maximum Gasteiger partial charge on any atom is 0.171 e. The molecule has 0 saturated carbocycles. The van der Waals surface area contributed by atoms with Crippen LogP contribution in [0.1, 0.15) is 0 Å². The lowest BCUT2D eigenvalue weighted by Gasteiger charge is -2.09. The van der Waals surface area contributed by atoms with E-state index < -0.39 is 5.82 Å². The van der Waals surface area contributed by atoms with Crippen LogP contribution in [0.2, 0.25) is 0 Å². The second-order valence-corrected chi connectivity index (χ2v) is 4.05. The van der Waals surface area contributed by atoms with E-state index in [0.717, 1.165) is 5.39 Å². The zero-order valence-electron chi connectivity index (χ0n) is 9.88. The molecule has 1 N–H and O–H groups in total. The molecular weight excluding hydrogens is 245 g/mol. The van der Waals surface area contributed by atoms with Crippen molar-refractivity contribution in [2.75, 3.05) is 0 Å². The highest BCUT2D eigenvalue weighted by Crippen LogP contribution is 2.34. The number of phenols is 1. The SMILES string of the molecule is Oc1cc2cccnc2cc1Oc1ccccc1F. The van der Waals surface area contributed by atoms with Gasteiger partial charge in [-0.3, -0.25) is 4.98 Å². The number of hydrogen-bond donors (Lipinski definition) is 1. The van der Waals surface area contributed by atoms with Crippen LogP contribution in [0.5, 0.6) is 17.2 Å². The highest BCUT2D eigenvalue weighted by Gasteiger charge is 2.09. The summed E-state index contributed by atoms with van der Waals surface area (Å²) in [4.78, 5) is 4.16. The van der Waals surface area contributed by atoms with Crippen molar-refractivity contribution in [1.82, 2.24) is 4.98 Å². The molecular formula is C15H10FNO2. The third-order valence-electron chi connectivity index (χ3n) is 2.74. The van der Waals surface area contributed by atoms with Gasteiger partial charge < -0.3 is 9.84 Å². The highest BCUT2D eigenvalue weighted by molar-refractivity contribution is 5.82. The number of fused-ring (bicyclic) bond motifs is 1. The van der Waals surface area contributed by atoms with Crippen molar-refractivity contribution in [3.63, 3.8) is 0 Å². The van der Waals surface area contributed by atoms with Crippen molar-refractivity contribution in [3.05, 3.63) is 60.5 Å². The summed E-state index contributed by atoms with van der Waals surface area (Å²) in [5.74, 6) is -0.295. The van der Waals surface area contributed by atoms with Crippen molar-refractivity contribution in [2.24, 2.45) is 0 Å². The number of aromatic nitrogens is 1. The number of nitrogens with zero attached hydrogens (tertiary/aromatic N) is 1. The summed E-state index contributed by atoms with van der Waals surface area (Å²) in [6.07, 6.45) is 1.65. The number of hydrogen-bond acceptors (Lipinski definition) is 3. The zero-order chi connectivity index (χ0) is 13.2. The number of halogens is 1. The summed E-state index contributed by atoms with van der Waals surface area (Å²) in [6.45, 7) is 0. The average Bonchev–Trinajstić information content (AvgIpc) is 2.42. The van der Waals surface area contributed by atoms with Crippen LogP contribution in [0.25, 0.3) is 10.9 Å². The van der Waals surface area contributed by atoms with Gasteiger partial charge in [-0.2, -0.15) is 0 Å². The van der Waals surface area contributed by atoms with E-state index in [4.69, 9.17) is 4.74 Å². The van der Waals surface area contributed by atoms with Crippen molar-refractivity contribution in [2.45, 2.75) is 0 Å². The summed E-state index contributed by atoms with van der Waals surface area (Å²) in [5, 5.41) is 10.7. The van der Waals surface area contributed by atoms with Gasteiger partial charge in [0, 0.05) is 17.6 Å². The van der Waals surface area contributed by atoms with Crippen LogP contribution in [0.4, 0.5) is 4.39 Å². The molecule has 0 atom stereocenters. The monoisotopic (exact) mass is 255 g/mol. The minimum Gasteiger partial charge on any atom is -0.504 e. The summed E-state index contributed by atoms with van der Waals surface area (Å²) in [7, 11) is 0. The van der Waals surface area contributed by atoms with Gasteiger partial charge in [-0.25, -0.2) is 4.39 Å². The molecule has 19 heavy (non-hydrogen) atoms. The fourth-order valence-corrected chi connectivity index (χ4v) is 1.82. The minimum absolute atomic E-state index is 0.0521. The molecule has 0 aliphatic heterocycles. The van der Waals surface area contributed by atoms with Crippen LogP contribution in [0, 0.1) is 5.82 Å². The maximum absolute atomic E-state index is 13.5. The topological polar surface area (TPSA) is 42.4 Å². The van der Waals surface area contributed by atoms with Crippen molar-refractivity contribution in [3.8, 4) is 17.2 Å². The van der Waals surface area contributed by atoms with Gasteiger partial charge in [0.15, 0.2) is 23.1 Å². The average molecular weight is 255 g/mol. The van der Waals surface area contributed by atoms with Crippen LogP contribution >= 0.6 is 0 Å². The molecule has 0 spiro atoms. The molecule has 0 fully saturated rings. The zero-order valence-corrected chi connectivity index (χ0v) is 9.88. The fourth-order valence-electron chi connectivity index (χ4n) is 1.82. The van der Waals surface area contributed by atoms with E-state index in [9.17, 15) is 9.50 Å². The Morgan fingerprint density at radius 1 is 1.00 bits per heavy atom. The first kappa shape index (κ1) is 11.5. The Labute approximate surface area is 108 Å². The minimum atomic E-state index is -0.483. The van der Waals surface area contributed by atoms with Gasteiger partial charge in [0.2, 0.25) is 0 Å². The summed E-state index contributed by atoms with van der Waals surface area (Å²) in [6, 6.07) is 12.8. The van der Waals surface area contributed by atoms with Crippen molar-refractivity contribution >= 4 is 10.9 Å². The molecule has 1 aromatic heterocycles. The molecule has 2 aromatic carbocycles. The van der Waals surface area contributed by atoms with Gasteiger partial charge in [0.1, 0.15) is 0 Å². The van der Waals surface area contributed by atoms with Crippen LogP contribution in [0.3, 0.4) is 0 Å². The predicted octanol–water partition coefficient (Wildman–Crippen LogP) is 3.87. The van der Waals surface area contributed by atoms with E-state index in [1.54, 1.807) is 36.5 Å². The van der Waals surface area contributed by atoms with E-state index in [2.05, 4.69) is 4.98 Å². The van der Waals surface area contributed by atoms with Crippen molar-refractivity contribution < 1.29 is 14.2 Å². The molecule has 0 aliphatic carbocycles. The van der Waals surface area contributed by atoms with Gasteiger partial charge in [0.05, 0.1) is 5.52 Å². The number of phenolic OH excluding ortho intramolecular Hbond substituents is 1. The molecule has 0 unspecified atom stereocenters. The lowest BCUT2D eigenvalue weighted by atomic mass is 10.2. The number of aromatic hydroxyl groups is 1. The Morgan fingerprint density at radius 3 is 2.68 bits per heavy atom. The third kappa shape index (κ3) is 2.20. The molecule has 94 valence electrons. The van der Waals surface area contributed by atoms with Gasteiger partial charge in [-0.05, 0) is 24.3 Å². The molecule has 0 bridgehead atoms. The Balaban J connectivity index is 2.06. The second-order valence-electron chi connectivity index (χ2n) is 4.05. The summed E-state index contributed by atoms with van der Waals surface area (Å²) in [5.41, 5.74) is 0.673. The largest absolute Gasteiger partial charge is 0.504 e. The van der Waals surface area contributed by atoms with E-state index in [1.807, 2.05) is 6.07 Å². The van der Waals surface area contributed by atoms with Crippen LogP contribution in [-0.4, -0.2) is 10.1 Å². The molecule has 3 aromatic rings. The van der Waals surface area contributed by atoms with Crippen LogP contribution in [-0.2, 0) is 0 Å². The molecule has 4 heteroatoms. The molecule has 1 heterocycles. The van der Waals surface area contributed by atoms with E-state index in [0.29, 0.717) is 5.52 Å². The number of rotatable bonds is 2. The third-order valence-corrected chi connectivity index (χ3v) is 2.74. The molecule has 0 amide bonds. The first-order chi connectivity index (χ1) is 9.24. The Bertz CT molecular complexity index is 743. The van der Waals surface area contributed by atoms with Crippen LogP contribution < -0.4 is 4.74 Å². The number of para-hydroxylation sites is 1. The summed E-state index contributed by atoms with van der Waals surface area (Å²) >= 11 is 0. The first-order valence-electron chi connectivity index (χ1n) is 5.74. The second kappa shape index (κ2) is 4.57. The van der Waals surface area contributed by atoms with Gasteiger partial charge in [-0.1, -0.05) is 18.2 Å². The Hall–Kier alpha value is -2.62. The summed E-state index contributed by atoms with van der Waals surface area (Å²) < 4.78 is 18.9. The first-order valence-corrected chi connectivity index (χ1v) is 5.74. The number of benzene rings is 2. The number of ether oxygens (including phenoxy) is 1. The normalized spacial score (nSPS) is 10.6. The lowest BCUT2D eigenvalue weighted by molar-refractivity contribution is 0.397.